The lowest BCUT2D eigenvalue weighted by atomic mass is 10.0. The van der Waals surface area contributed by atoms with Crippen molar-refractivity contribution in [1.82, 2.24) is 10.7 Å². The molecule has 5 nitrogen and oxygen atoms in total. The van der Waals surface area contributed by atoms with Crippen LogP contribution in [0.5, 0.6) is 0 Å². The highest BCUT2D eigenvalue weighted by Gasteiger charge is 2.14. The van der Waals surface area contributed by atoms with E-state index in [-0.39, 0.29) is 23.5 Å². The first-order valence-electron chi connectivity index (χ1n) is 8.19. The van der Waals surface area contributed by atoms with Gasteiger partial charge in [0.2, 0.25) is 5.91 Å². The summed E-state index contributed by atoms with van der Waals surface area (Å²) in [6.07, 6.45) is 0. The summed E-state index contributed by atoms with van der Waals surface area (Å²) in [7, 11) is 0. The molecule has 134 valence electrons. The molecule has 2 aromatic carbocycles. The highest BCUT2D eigenvalue weighted by Crippen LogP contribution is 2.21. The van der Waals surface area contributed by atoms with E-state index in [1.807, 2.05) is 31.2 Å². The first-order chi connectivity index (χ1) is 12.5. The van der Waals surface area contributed by atoms with Gasteiger partial charge in [-0.1, -0.05) is 48.2 Å². The summed E-state index contributed by atoms with van der Waals surface area (Å²) < 4.78 is 13.7. The second kappa shape index (κ2) is 8.14. The normalized spacial score (nSPS) is 16.6. The third kappa shape index (κ3) is 4.49. The summed E-state index contributed by atoms with van der Waals surface area (Å²) in [4.78, 5) is 15.4. The van der Waals surface area contributed by atoms with Crippen LogP contribution in [0.2, 0.25) is 0 Å². The lowest BCUT2D eigenvalue weighted by Crippen LogP contribution is -2.25. The molecule has 0 saturated carbocycles. The van der Waals surface area contributed by atoms with Gasteiger partial charge < -0.3 is 5.32 Å². The molecule has 0 unspecified atom stereocenters. The molecule has 0 radical (unpaired) electrons. The molecule has 1 heterocycles. The zero-order valence-electron chi connectivity index (χ0n) is 14.5. The number of hydrogen-bond acceptors (Lipinski definition) is 4. The van der Waals surface area contributed by atoms with Crippen molar-refractivity contribution in [2.45, 2.75) is 19.9 Å². The summed E-state index contributed by atoms with van der Waals surface area (Å²) in [6, 6.07) is 14.3. The summed E-state index contributed by atoms with van der Waals surface area (Å²) >= 11 is 1.47. The fraction of sp³-hybridized carbons (Fsp3) is 0.211. The largest absolute Gasteiger partial charge is 0.350 e. The highest BCUT2D eigenvalue weighted by atomic mass is 32.2. The number of hydrogen-bond donors (Lipinski definition) is 2. The molecule has 0 aromatic heterocycles. The Morgan fingerprint density at radius 2 is 2.00 bits per heavy atom. The summed E-state index contributed by atoms with van der Waals surface area (Å²) in [5, 5.41) is 7.78. The zero-order valence-corrected chi connectivity index (χ0v) is 15.3. The van der Waals surface area contributed by atoms with Crippen molar-refractivity contribution < 1.29 is 9.18 Å². The number of carbonyl (C=O) groups excluding carboxylic acids is 1. The van der Waals surface area contributed by atoms with E-state index in [1.54, 1.807) is 18.2 Å². The number of amidine groups is 1. The third-order valence-corrected chi connectivity index (χ3v) is 4.74. The van der Waals surface area contributed by atoms with E-state index in [1.165, 1.54) is 24.8 Å². The minimum absolute atomic E-state index is 0.0400. The Balaban J connectivity index is 1.69. The molecule has 1 amide bonds. The molecular formula is C19H19FN4OS. The van der Waals surface area contributed by atoms with E-state index in [0.29, 0.717) is 10.9 Å². The zero-order chi connectivity index (χ0) is 18.5. The van der Waals surface area contributed by atoms with Gasteiger partial charge >= 0.3 is 0 Å². The van der Waals surface area contributed by atoms with Crippen molar-refractivity contribution in [3.05, 3.63) is 65.5 Å². The fourth-order valence-electron chi connectivity index (χ4n) is 2.53. The van der Waals surface area contributed by atoms with Gasteiger partial charge in [0.1, 0.15) is 11.5 Å². The maximum Gasteiger partial charge on any atom is 0.217 e. The monoisotopic (exact) mass is 370 g/mol. The molecule has 0 aliphatic carbocycles. The number of halogens is 1. The van der Waals surface area contributed by atoms with Gasteiger partial charge in [-0.25, -0.2) is 9.38 Å². The molecule has 0 saturated heterocycles. The van der Waals surface area contributed by atoms with Crippen LogP contribution in [-0.2, 0) is 4.79 Å². The van der Waals surface area contributed by atoms with Crippen LogP contribution in [0.3, 0.4) is 0 Å². The molecule has 2 aromatic rings. The molecule has 1 atom stereocenters. The predicted molar refractivity (Wildman–Crippen MR) is 104 cm³/mol. The Labute approximate surface area is 155 Å². The van der Waals surface area contributed by atoms with Crippen LogP contribution in [0.1, 0.15) is 31.0 Å². The Kier molecular flexibility index (Phi) is 5.68. The maximum atomic E-state index is 13.7. The lowest BCUT2D eigenvalue weighted by Gasteiger charge is -2.16. The standard InChI is InChI=1S/C19H19FN4OS/c1-12(21-13(2)25)14-7-9-15(10-8-14)18-11-26-19(24-23-18)22-17-6-4-3-5-16(17)20/h3-10,12H,11H2,1-2H3,(H,21,25)(H,22,24)/t12-/m0/s1. The van der Waals surface area contributed by atoms with Crippen molar-refractivity contribution in [3.8, 4) is 0 Å². The van der Waals surface area contributed by atoms with Crippen molar-refractivity contribution in [2.24, 2.45) is 10.1 Å². The second-order valence-electron chi connectivity index (χ2n) is 5.87. The number of thioether (sulfide) groups is 1. The Bertz CT molecular complexity index is 864. The number of aliphatic imine (C=N–C) groups is 1. The van der Waals surface area contributed by atoms with Crippen LogP contribution in [0, 0.1) is 5.82 Å². The number of rotatable bonds is 4. The van der Waals surface area contributed by atoms with Crippen molar-refractivity contribution in [1.29, 1.82) is 0 Å². The molecular weight excluding hydrogens is 351 g/mol. The number of nitrogens with one attached hydrogen (secondary N) is 2. The van der Waals surface area contributed by atoms with Gasteiger partial charge in [-0.3, -0.25) is 10.2 Å². The van der Waals surface area contributed by atoms with Gasteiger partial charge in [0, 0.05) is 12.7 Å². The quantitative estimate of drug-likeness (QED) is 0.861. The molecule has 0 bridgehead atoms. The number of benzene rings is 2. The minimum Gasteiger partial charge on any atom is -0.350 e. The van der Waals surface area contributed by atoms with Crippen molar-refractivity contribution >= 4 is 34.2 Å². The molecule has 1 aliphatic rings. The highest BCUT2D eigenvalue weighted by molar-refractivity contribution is 8.14. The van der Waals surface area contributed by atoms with Crippen LogP contribution in [-0.4, -0.2) is 22.5 Å². The van der Waals surface area contributed by atoms with Crippen LogP contribution in [0.4, 0.5) is 10.1 Å². The Morgan fingerprint density at radius 3 is 2.62 bits per heavy atom. The number of amides is 1. The topological polar surface area (TPSA) is 65.8 Å². The van der Waals surface area contributed by atoms with E-state index in [4.69, 9.17) is 0 Å². The molecule has 2 N–H and O–H groups in total. The number of nitrogens with zero attached hydrogens (tertiary/aromatic N) is 2. The molecule has 0 fully saturated rings. The van der Waals surface area contributed by atoms with E-state index in [0.717, 1.165) is 16.8 Å². The van der Waals surface area contributed by atoms with E-state index < -0.39 is 0 Å². The van der Waals surface area contributed by atoms with E-state index >= 15 is 0 Å². The smallest absolute Gasteiger partial charge is 0.217 e. The van der Waals surface area contributed by atoms with E-state index in [2.05, 4.69) is 20.8 Å². The second-order valence-corrected chi connectivity index (χ2v) is 6.84. The Hall–Kier alpha value is -2.67. The van der Waals surface area contributed by atoms with Crippen molar-refractivity contribution in [3.63, 3.8) is 0 Å². The molecule has 7 heteroatoms. The Morgan fingerprint density at radius 1 is 1.27 bits per heavy atom. The minimum atomic E-state index is -0.360. The van der Waals surface area contributed by atoms with Gasteiger partial charge in [-0.15, -0.1) is 0 Å². The fourth-order valence-corrected chi connectivity index (χ4v) is 3.30. The SMILES string of the molecule is CC(=O)N[C@@H](C)c1ccc(C2=NNC(=Nc3ccccc3F)SC2)cc1. The average molecular weight is 370 g/mol. The first-order valence-corrected chi connectivity index (χ1v) is 9.17. The van der Waals surface area contributed by atoms with Gasteiger partial charge in [-0.05, 0) is 30.2 Å². The number of para-hydroxylation sites is 1. The molecule has 0 spiro atoms. The maximum absolute atomic E-state index is 13.7. The van der Waals surface area contributed by atoms with Crippen LogP contribution >= 0.6 is 11.8 Å². The summed E-state index contributed by atoms with van der Waals surface area (Å²) in [5.41, 5.74) is 6.09. The van der Waals surface area contributed by atoms with Crippen LogP contribution in [0.15, 0.2) is 58.6 Å². The van der Waals surface area contributed by atoms with E-state index in [9.17, 15) is 9.18 Å². The predicted octanol–water partition coefficient (Wildman–Crippen LogP) is 3.75. The average Bonchev–Trinajstić information content (AvgIpc) is 2.64. The van der Waals surface area contributed by atoms with Crippen LogP contribution in [0.25, 0.3) is 0 Å². The van der Waals surface area contributed by atoms with Crippen LogP contribution < -0.4 is 10.7 Å². The number of hydrazone groups is 1. The van der Waals surface area contributed by atoms with Crippen molar-refractivity contribution in [2.75, 3.05) is 5.75 Å². The summed E-state index contributed by atoms with van der Waals surface area (Å²) in [5.74, 6) is 0.225. The third-order valence-electron chi connectivity index (χ3n) is 3.87. The number of carbonyl (C=O) groups is 1. The first kappa shape index (κ1) is 18.1. The van der Waals surface area contributed by atoms with Gasteiger partial charge in [0.25, 0.3) is 0 Å². The molecule has 26 heavy (non-hydrogen) atoms. The van der Waals surface area contributed by atoms with Gasteiger partial charge in [-0.2, -0.15) is 5.10 Å². The molecule has 1 aliphatic heterocycles. The molecule has 3 rings (SSSR count). The van der Waals surface area contributed by atoms with Gasteiger partial charge in [0.15, 0.2) is 5.17 Å². The summed E-state index contributed by atoms with van der Waals surface area (Å²) in [6.45, 7) is 3.45. The lowest BCUT2D eigenvalue weighted by molar-refractivity contribution is -0.119. The van der Waals surface area contributed by atoms with Gasteiger partial charge in [0.05, 0.1) is 11.8 Å².